The van der Waals surface area contributed by atoms with Gasteiger partial charge in [-0.15, -0.1) is 0 Å². The molecule has 5 heteroatoms. The van der Waals surface area contributed by atoms with E-state index in [0.717, 1.165) is 44.8 Å². The van der Waals surface area contributed by atoms with Gasteiger partial charge in [-0.25, -0.2) is 9.97 Å². The molecule has 6 rings (SSSR count). The quantitative estimate of drug-likeness (QED) is 0.313. The van der Waals surface area contributed by atoms with Crippen molar-refractivity contribution in [2.75, 3.05) is 0 Å². The van der Waals surface area contributed by atoms with E-state index in [-0.39, 0.29) is 0 Å². The van der Waals surface area contributed by atoms with Gasteiger partial charge >= 0.3 is 0 Å². The van der Waals surface area contributed by atoms with E-state index < -0.39 is 0 Å². The van der Waals surface area contributed by atoms with Crippen molar-refractivity contribution in [3.05, 3.63) is 94.2 Å². The largest absolute Gasteiger partial charge is 0.355 e. The highest BCUT2D eigenvalue weighted by Gasteiger charge is 2.02. The van der Waals surface area contributed by atoms with Crippen molar-refractivity contribution in [2.24, 2.45) is 0 Å². The molecule has 2 aliphatic heterocycles. The zero-order valence-corrected chi connectivity index (χ0v) is 16.4. The molecule has 0 radical (unpaired) electrons. The van der Waals surface area contributed by atoms with Gasteiger partial charge in [0.15, 0.2) is 0 Å². The third-order valence-electron chi connectivity index (χ3n) is 4.47. The molecule has 0 spiro atoms. The minimum atomic E-state index is 0.915. The van der Waals surface area contributed by atoms with E-state index in [1.807, 2.05) is 65.4 Å². The van der Waals surface area contributed by atoms with Crippen molar-refractivity contribution in [3.8, 4) is 0 Å². The van der Waals surface area contributed by atoms with Crippen molar-refractivity contribution in [3.63, 3.8) is 0 Å². The van der Waals surface area contributed by atoms with E-state index in [4.69, 9.17) is 0 Å². The number of thiophene rings is 1. The Balaban J connectivity index is 0.000000319. The van der Waals surface area contributed by atoms with E-state index in [1.165, 1.54) is 0 Å². The van der Waals surface area contributed by atoms with E-state index in [1.54, 1.807) is 11.3 Å². The fourth-order valence-electron chi connectivity index (χ4n) is 3.17. The van der Waals surface area contributed by atoms with Gasteiger partial charge < -0.3 is 9.97 Å². The van der Waals surface area contributed by atoms with Crippen LogP contribution in [0, 0.1) is 0 Å². The Labute approximate surface area is 172 Å². The second-order valence-electron chi connectivity index (χ2n) is 6.70. The van der Waals surface area contributed by atoms with Crippen LogP contribution >= 0.6 is 11.3 Å². The summed E-state index contributed by atoms with van der Waals surface area (Å²) in [6.45, 7) is 0. The van der Waals surface area contributed by atoms with Crippen LogP contribution < -0.4 is 0 Å². The summed E-state index contributed by atoms with van der Waals surface area (Å²) in [5, 5.41) is 4.08. The van der Waals surface area contributed by atoms with Crippen molar-refractivity contribution < 1.29 is 0 Å². The van der Waals surface area contributed by atoms with Gasteiger partial charge in [0, 0.05) is 22.1 Å². The van der Waals surface area contributed by atoms with Gasteiger partial charge in [-0.1, -0.05) is 12.1 Å². The highest BCUT2D eigenvalue weighted by atomic mass is 32.1. The summed E-state index contributed by atoms with van der Waals surface area (Å²) in [4.78, 5) is 16.0. The van der Waals surface area contributed by atoms with Gasteiger partial charge in [-0.3, -0.25) is 0 Å². The second kappa shape index (κ2) is 7.73. The minimum Gasteiger partial charge on any atom is -0.355 e. The predicted octanol–water partition coefficient (Wildman–Crippen LogP) is 6.40. The Hall–Kier alpha value is -3.70. The van der Waals surface area contributed by atoms with Crippen LogP contribution in [0.15, 0.2) is 71.4 Å². The van der Waals surface area contributed by atoms with Crippen LogP contribution in [0.2, 0.25) is 0 Å². The molecule has 0 aromatic carbocycles. The molecule has 0 fully saturated rings. The number of aromatic nitrogens is 4. The predicted molar refractivity (Wildman–Crippen MR) is 123 cm³/mol. The van der Waals surface area contributed by atoms with Crippen LogP contribution in [0.5, 0.6) is 0 Å². The Morgan fingerprint density at radius 3 is 1.34 bits per heavy atom. The summed E-state index contributed by atoms with van der Waals surface area (Å²) in [5.74, 6) is 0. The third kappa shape index (κ3) is 4.25. The molecule has 0 amide bonds. The molecule has 4 aromatic heterocycles. The van der Waals surface area contributed by atoms with Gasteiger partial charge in [0.2, 0.25) is 0 Å². The molecule has 0 atom stereocenters. The summed E-state index contributed by atoms with van der Waals surface area (Å²) in [5.41, 5.74) is 7.86. The SMILES string of the molecule is C1=Cc2cc3ccc(cc4ccc(cc5nc(cc1n2)C=C5)[nH]4)[nH]3.c1ccsc1. The number of hydrogen-bond donors (Lipinski definition) is 2. The minimum absolute atomic E-state index is 0.915. The van der Waals surface area contributed by atoms with Crippen molar-refractivity contribution in [1.29, 1.82) is 0 Å². The molecule has 6 heterocycles. The van der Waals surface area contributed by atoms with Crippen LogP contribution in [0.3, 0.4) is 0 Å². The van der Waals surface area contributed by atoms with Crippen LogP contribution in [0.1, 0.15) is 22.8 Å². The first-order valence-electron chi connectivity index (χ1n) is 9.32. The molecule has 2 N–H and O–H groups in total. The summed E-state index contributed by atoms with van der Waals surface area (Å²) >= 11 is 1.71. The van der Waals surface area contributed by atoms with E-state index in [2.05, 4.69) is 50.3 Å². The Morgan fingerprint density at radius 2 is 0.931 bits per heavy atom. The standard InChI is InChI=1S/C20H14N4.C4H4S/c1-2-14-10-16-5-6-18(23-16)12-20-8-7-19(24-20)11-17-4-3-15(22-17)9-13(1)21-14;1-2-4-5-3-1/h1-12,21-22H;1-4H. The van der Waals surface area contributed by atoms with Crippen LogP contribution in [0.25, 0.3) is 46.4 Å². The third-order valence-corrected chi connectivity index (χ3v) is 5.10. The molecule has 0 saturated heterocycles. The highest BCUT2D eigenvalue weighted by molar-refractivity contribution is 7.07. The van der Waals surface area contributed by atoms with Crippen LogP contribution in [-0.4, -0.2) is 19.9 Å². The summed E-state index contributed by atoms with van der Waals surface area (Å²) in [7, 11) is 0. The van der Waals surface area contributed by atoms with Crippen LogP contribution in [-0.2, 0) is 0 Å². The molecule has 0 aliphatic carbocycles. The molecule has 0 saturated carbocycles. The van der Waals surface area contributed by atoms with Gasteiger partial charge in [-0.05, 0) is 83.6 Å². The second-order valence-corrected chi connectivity index (χ2v) is 7.51. The lowest BCUT2D eigenvalue weighted by molar-refractivity contribution is 1.28. The molecule has 29 heavy (non-hydrogen) atoms. The van der Waals surface area contributed by atoms with Crippen molar-refractivity contribution in [2.45, 2.75) is 0 Å². The van der Waals surface area contributed by atoms with Gasteiger partial charge in [0.05, 0.1) is 22.8 Å². The zero-order valence-electron chi connectivity index (χ0n) is 15.5. The van der Waals surface area contributed by atoms with E-state index in [0.29, 0.717) is 0 Å². The maximum absolute atomic E-state index is 4.62. The molecule has 4 nitrogen and oxygen atoms in total. The fraction of sp³-hybridized carbons (Fsp3) is 0. The fourth-order valence-corrected chi connectivity index (χ4v) is 3.62. The lowest BCUT2D eigenvalue weighted by Crippen LogP contribution is -1.77. The first-order chi connectivity index (χ1) is 14.3. The summed E-state index contributed by atoms with van der Waals surface area (Å²) in [6.07, 6.45) is 8.05. The lowest BCUT2D eigenvalue weighted by Gasteiger charge is -1.86. The maximum Gasteiger partial charge on any atom is 0.0659 e. The Bertz CT molecular complexity index is 1250. The molecular formula is C24H18N4S. The Kier molecular flexibility index (Phi) is 4.64. The molecule has 2 aliphatic rings. The van der Waals surface area contributed by atoms with Gasteiger partial charge in [0.1, 0.15) is 0 Å². The number of aromatic amines is 2. The molecule has 4 aromatic rings. The van der Waals surface area contributed by atoms with E-state index in [9.17, 15) is 0 Å². The normalized spacial score (nSPS) is 11.9. The summed E-state index contributed by atoms with van der Waals surface area (Å²) < 4.78 is 0. The number of nitrogens with zero attached hydrogens (tertiary/aromatic N) is 2. The topological polar surface area (TPSA) is 57.4 Å². The molecule has 0 unspecified atom stereocenters. The number of rotatable bonds is 0. The molecule has 8 bridgehead atoms. The lowest BCUT2D eigenvalue weighted by atomic mass is 10.3. The van der Waals surface area contributed by atoms with Gasteiger partial charge in [-0.2, -0.15) is 11.3 Å². The molecule has 140 valence electrons. The zero-order chi connectivity index (χ0) is 19.5. The maximum atomic E-state index is 4.62. The Morgan fingerprint density at radius 1 is 0.517 bits per heavy atom. The number of fused-ring (bicyclic) bond motifs is 8. The van der Waals surface area contributed by atoms with Gasteiger partial charge in [0.25, 0.3) is 0 Å². The van der Waals surface area contributed by atoms with Crippen molar-refractivity contribution in [1.82, 2.24) is 19.9 Å². The van der Waals surface area contributed by atoms with Crippen molar-refractivity contribution >= 4 is 57.7 Å². The first-order valence-corrected chi connectivity index (χ1v) is 10.3. The average Bonchev–Trinajstić information content (AvgIpc) is 3.50. The molecular weight excluding hydrogens is 376 g/mol. The summed E-state index contributed by atoms with van der Waals surface area (Å²) in [6, 6.07) is 20.4. The average molecular weight is 395 g/mol. The number of nitrogens with one attached hydrogen (secondary N) is 2. The monoisotopic (exact) mass is 394 g/mol. The van der Waals surface area contributed by atoms with Crippen LogP contribution in [0.4, 0.5) is 0 Å². The smallest absolute Gasteiger partial charge is 0.0659 e. The number of hydrogen-bond acceptors (Lipinski definition) is 3. The number of H-pyrrole nitrogens is 2. The van der Waals surface area contributed by atoms with E-state index >= 15 is 0 Å². The highest BCUT2D eigenvalue weighted by Crippen LogP contribution is 2.17. The first kappa shape index (κ1) is 17.4.